The molecule has 45 nitrogen and oxygen atoms in total. The second-order valence-electron chi connectivity index (χ2n) is 24.0. The summed E-state index contributed by atoms with van der Waals surface area (Å²) in [6.45, 7) is -6.90. The van der Waals surface area contributed by atoms with E-state index in [0.717, 1.165) is 20.8 Å². The van der Waals surface area contributed by atoms with Crippen LogP contribution < -0.4 is 21.3 Å². The molecule has 45 heteroatoms. The summed E-state index contributed by atoms with van der Waals surface area (Å²) >= 11 is 0. The summed E-state index contributed by atoms with van der Waals surface area (Å²) in [5, 5.41) is 260. The molecule has 6 rings (SSSR count). The molecule has 0 aromatic heterocycles. The van der Waals surface area contributed by atoms with Crippen molar-refractivity contribution in [2.75, 3.05) is 46.2 Å². The molecular weight excluding hydrogens is 1350 g/mol. The third-order valence-electron chi connectivity index (χ3n) is 17.1. The van der Waals surface area contributed by atoms with Crippen LogP contribution in [-0.4, -0.2) is 406 Å². The van der Waals surface area contributed by atoms with Gasteiger partial charge in [0.15, 0.2) is 18.9 Å². The van der Waals surface area contributed by atoms with E-state index in [-0.39, 0.29) is 0 Å². The van der Waals surface area contributed by atoms with Crippen molar-refractivity contribution in [3.8, 4) is 0 Å². The Labute approximate surface area is 552 Å². The molecule has 0 aliphatic carbocycles. The van der Waals surface area contributed by atoms with Crippen LogP contribution in [0.25, 0.3) is 0 Å². The molecule has 564 valence electrons. The zero-order valence-corrected chi connectivity index (χ0v) is 52.0. The Morgan fingerprint density at radius 2 is 0.837 bits per heavy atom. The molecule has 0 spiro atoms. The maximum absolute atomic E-state index is 14.0. The third-order valence-corrected chi connectivity index (χ3v) is 17.1. The van der Waals surface area contributed by atoms with E-state index in [1.165, 1.54) is 0 Å². The van der Waals surface area contributed by atoms with Gasteiger partial charge >= 0.3 is 17.9 Å². The third kappa shape index (κ3) is 17.7. The monoisotopic (exact) mass is 1430 g/mol. The average Bonchev–Trinajstić information content (AvgIpc) is 0.752. The summed E-state index contributed by atoms with van der Waals surface area (Å²) in [5.74, 6) is -22.2. The van der Waals surface area contributed by atoms with Crippen LogP contribution in [0.4, 0.5) is 0 Å². The minimum Gasteiger partial charge on any atom is -0.477 e. The predicted octanol–water partition coefficient (Wildman–Crippen LogP) is -16.9. The lowest BCUT2D eigenvalue weighted by Crippen LogP contribution is -2.72. The normalized spacial score (nSPS) is 41.8. The van der Waals surface area contributed by atoms with Gasteiger partial charge in [0.05, 0.1) is 76.1 Å². The summed E-state index contributed by atoms with van der Waals surface area (Å²) in [7, 11) is 0. The maximum Gasteiger partial charge on any atom is 0.364 e. The van der Waals surface area contributed by atoms with E-state index in [9.17, 15) is 151 Å². The van der Waals surface area contributed by atoms with Gasteiger partial charge in [0.2, 0.25) is 23.6 Å². The summed E-state index contributed by atoms with van der Waals surface area (Å²) in [6, 6.07) is -8.11. The fourth-order valence-electron chi connectivity index (χ4n) is 12.2. The highest BCUT2D eigenvalue weighted by Crippen LogP contribution is 2.43. The molecule has 27 N–H and O–H groups in total. The molecule has 6 aliphatic heterocycles. The van der Waals surface area contributed by atoms with Crippen molar-refractivity contribution in [3.63, 3.8) is 0 Å². The molecular formula is C53H86N4O41. The Hall–Kier alpha value is -4.95. The number of aliphatic hydroxyl groups excluding tert-OH is 20. The second-order valence-corrected chi connectivity index (χ2v) is 24.0. The molecule has 0 radical (unpaired) electrons. The zero-order valence-electron chi connectivity index (χ0n) is 52.0. The Balaban J connectivity index is 1.43. The average molecular weight is 1440 g/mol. The molecule has 6 heterocycles. The van der Waals surface area contributed by atoms with Gasteiger partial charge in [-0.1, -0.05) is 0 Å². The van der Waals surface area contributed by atoms with Crippen molar-refractivity contribution in [2.45, 2.75) is 241 Å². The van der Waals surface area contributed by atoms with Gasteiger partial charge in [-0.3, -0.25) is 19.2 Å². The number of rotatable bonds is 30. The lowest BCUT2D eigenvalue weighted by atomic mass is 9.86. The maximum atomic E-state index is 14.0. The van der Waals surface area contributed by atoms with Crippen molar-refractivity contribution < 1.29 is 203 Å². The van der Waals surface area contributed by atoms with E-state index in [0.29, 0.717) is 0 Å². The molecule has 0 aromatic carbocycles. The lowest BCUT2D eigenvalue weighted by molar-refractivity contribution is -0.401. The smallest absolute Gasteiger partial charge is 0.364 e. The van der Waals surface area contributed by atoms with E-state index in [1.54, 1.807) is 0 Å². The van der Waals surface area contributed by atoms with E-state index in [2.05, 4.69) is 16.0 Å². The van der Waals surface area contributed by atoms with Crippen LogP contribution in [0.1, 0.15) is 40.0 Å². The zero-order chi connectivity index (χ0) is 73.5. The number of hydrogen-bond donors (Lipinski definition) is 27. The molecule has 4 amide bonds. The van der Waals surface area contributed by atoms with Gasteiger partial charge in [-0.2, -0.15) is 0 Å². The SMILES string of the molecule is CC(=O)N[C@H]1[C@H](O[C@@H]2[C@H](O[C@]3(C(=O)O)C[C@H](O)[C@@H](NC(C)=O)[C@H]([C@H](O)[C@@H](CO)O[C@]4(C(=O)O)C[C@H](O)[C@@H](NC(=O)CO)[C@H]([C@H](O)[C@@H](CO)O[C@]5(C(=O)O)C[C@H](O)[C@@H](NC(C)=O)[C@H]([C@H](O)[C@H](O)CO)O5)O4)O3)[C@@H](O)[C@H](O[C@H]3[C@H](O)[C@@H](O)[C@H](O)O[C@@H]3CO)O[C@@H]2CO)O[C@H](CO)[C@H](O)[C@@H]1O. The second kappa shape index (κ2) is 34.3. The Morgan fingerprint density at radius 3 is 1.26 bits per heavy atom. The number of amides is 4. The number of aliphatic carboxylic acids is 3. The molecule has 0 saturated carbocycles. The summed E-state index contributed by atoms with van der Waals surface area (Å²) in [4.78, 5) is 91.2. The fourth-order valence-corrected chi connectivity index (χ4v) is 12.2. The van der Waals surface area contributed by atoms with Crippen LogP contribution in [0.2, 0.25) is 0 Å². The van der Waals surface area contributed by atoms with Crippen LogP contribution in [0.5, 0.6) is 0 Å². The Kier molecular flexibility index (Phi) is 28.7. The van der Waals surface area contributed by atoms with Gasteiger partial charge in [-0.15, -0.1) is 0 Å². The van der Waals surface area contributed by atoms with Gasteiger partial charge in [-0.05, 0) is 0 Å². The van der Waals surface area contributed by atoms with Crippen molar-refractivity contribution in [1.82, 2.24) is 21.3 Å². The van der Waals surface area contributed by atoms with E-state index in [4.69, 9.17) is 52.1 Å². The minimum absolute atomic E-state index is 0.805. The first kappa shape index (κ1) is 82.0. The van der Waals surface area contributed by atoms with Gasteiger partial charge in [0.25, 0.3) is 17.4 Å². The van der Waals surface area contributed by atoms with Crippen LogP contribution in [0.15, 0.2) is 0 Å². The van der Waals surface area contributed by atoms with Gasteiger partial charge in [0, 0.05) is 40.0 Å². The fraction of sp³-hybridized carbons (Fsp3) is 0.868. The standard InChI is InChI=1S/C53H86N4O41/c1-14(65)54-27-17(68)4-51(48(82)83,95-41(27)31(73)20(71)7-58)93-23(10-61)34(76)43-29(57-26(72)13-64)19(70)5-52(96-43,49(84)85)94-22(9-60)33(75)42-28(55-15(2)66)18(69)6-53(97-42,50(86)87)98-44-38(80)47(91-39-24(11-62)88-45(81)37(79)36(39)78)90-25(12-63)40(44)92-46-30(56-16(3)67)35(77)32(74)21(8-59)89-46/h17-25,27-47,58-64,68-71,73-81H,4-13H2,1-3H3,(H,54,65)(H,55,66)(H,56,67)(H,57,72)(H,82,83)(H,84,85)(H,86,87)/t17-,18-,19-,20+,21+,22+,23+,24+,25+,27+,28+,29+,30+,31+,32-,33+,34+,35+,36+,37+,38+,39+,40-,41+,42+,43+,44+,45+,46-,47-,51+,52+,53-/m0/s1. The molecule has 98 heavy (non-hydrogen) atoms. The number of hydrogen-bond acceptors (Lipinski definition) is 38. The topological polar surface area (TPSA) is 734 Å². The van der Waals surface area contributed by atoms with Crippen LogP contribution in [-0.2, 0) is 85.7 Å². The predicted molar refractivity (Wildman–Crippen MR) is 299 cm³/mol. The number of carboxylic acid groups (broad SMARTS) is 3. The molecule has 0 aromatic rings. The number of carbonyl (C=O) groups excluding carboxylic acids is 4. The molecule has 6 saturated heterocycles. The quantitative estimate of drug-likeness (QED) is 0.0318. The van der Waals surface area contributed by atoms with Crippen LogP contribution >= 0.6 is 0 Å². The van der Waals surface area contributed by atoms with Gasteiger partial charge in [0.1, 0.15) is 135 Å². The molecule has 0 unspecified atom stereocenters. The first-order chi connectivity index (χ1) is 45.9. The first-order valence-electron chi connectivity index (χ1n) is 30.2. The Morgan fingerprint density at radius 1 is 0.439 bits per heavy atom. The number of carboxylic acids is 3. The highest BCUT2D eigenvalue weighted by atomic mass is 16.8. The lowest BCUT2D eigenvalue weighted by Gasteiger charge is -2.52. The number of carbonyl (C=O) groups is 7. The van der Waals surface area contributed by atoms with Crippen LogP contribution in [0, 0.1) is 0 Å². The molecule has 33 atom stereocenters. The largest absolute Gasteiger partial charge is 0.477 e. The summed E-state index contributed by atoms with van der Waals surface area (Å²) in [5.41, 5.74) is 0. The molecule has 0 bridgehead atoms. The highest BCUT2D eigenvalue weighted by molar-refractivity contribution is 5.79. The Bertz CT molecular complexity index is 2690. The van der Waals surface area contributed by atoms with Gasteiger partial charge in [-0.25, -0.2) is 14.4 Å². The number of aliphatic hydroxyl groups is 20. The van der Waals surface area contributed by atoms with Gasteiger partial charge < -0.3 is 191 Å². The van der Waals surface area contributed by atoms with E-state index >= 15 is 0 Å². The molecule has 6 aliphatic rings. The summed E-state index contributed by atoms with van der Waals surface area (Å²) < 4.78 is 63.0. The number of nitrogens with one attached hydrogen (secondary N) is 4. The first-order valence-corrected chi connectivity index (χ1v) is 30.2. The minimum atomic E-state index is -3.69. The van der Waals surface area contributed by atoms with Crippen molar-refractivity contribution in [3.05, 3.63) is 0 Å². The van der Waals surface area contributed by atoms with E-state index < -0.39 is 308 Å². The van der Waals surface area contributed by atoms with Crippen molar-refractivity contribution >= 4 is 41.5 Å². The van der Waals surface area contributed by atoms with Crippen molar-refractivity contribution in [1.29, 1.82) is 0 Å². The highest BCUT2D eigenvalue weighted by Gasteiger charge is 2.65. The molecule has 6 fully saturated rings. The van der Waals surface area contributed by atoms with Crippen molar-refractivity contribution in [2.24, 2.45) is 0 Å². The number of ether oxygens (including phenoxy) is 11. The summed E-state index contributed by atoms with van der Waals surface area (Å²) in [6.07, 6.45) is -65.4. The van der Waals surface area contributed by atoms with E-state index in [1.807, 2.05) is 5.32 Å². The van der Waals surface area contributed by atoms with Crippen LogP contribution in [0.3, 0.4) is 0 Å².